The number of methoxy groups -OCH3 is 1. The first-order valence-corrected chi connectivity index (χ1v) is 5.67. The van der Waals surface area contributed by atoms with Crippen molar-refractivity contribution in [3.8, 4) is 16.2 Å². The maximum absolute atomic E-state index is 5.86. The first kappa shape index (κ1) is 10.5. The monoisotopic (exact) mass is 239 g/mol. The fraction of sp³-hybridized carbons (Fsp3) is 0.182. The summed E-state index contributed by atoms with van der Waals surface area (Å²) in [5.74, 6) is 0.854. The van der Waals surface area contributed by atoms with Gasteiger partial charge in [-0.3, -0.25) is 0 Å². The largest absolute Gasteiger partial charge is 0.497 e. The minimum atomic E-state index is 0.582. The first-order chi connectivity index (χ1) is 7.20. The lowest BCUT2D eigenvalue weighted by atomic mass is 10.1. The van der Waals surface area contributed by atoms with Gasteiger partial charge in [0.15, 0.2) is 4.47 Å². The molecule has 0 radical (unpaired) electrons. The second kappa shape index (κ2) is 4.21. The van der Waals surface area contributed by atoms with E-state index in [9.17, 15) is 0 Å². The van der Waals surface area contributed by atoms with Gasteiger partial charge in [-0.1, -0.05) is 11.6 Å². The number of thiazole rings is 1. The van der Waals surface area contributed by atoms with Gasteiger partial charge in [0.2, 0.25) is 0 Å². The highest BCUT2D eigenvalue weighted by molar-refractivity contribution is 7.19. The molecule has 0 unspecified atom stereocenters. The number of ether oxygens (including phenoxy) is 1. The van der Waals surface area contributed by atoms with Crippen molar-refractivity contribution in [3.63, 3.8) is 0 Å². The molecule has 2 aromatic rings. The lowest BCUT2D eigenvalue weighted by molar-refractivity contribution is 0.415. The Morgan fingerprint density at radius 3 is 2.40 bits per heavy atom. The van der Waals surface area contributed by atoms with Crippen LogP contribution in [0.1, 0.15) is 5.69 Å². The number of nitrogens with zero attached hydrogens (tertiary/aromatic N) is 1. The van der Waals surface area contributed by atoms with Gasteiger partial charge in [-0.15, -0.1) is 11.3 Å². The standard InChI is InChI=1S/C11H10ClNOS/c1-7-10(15-11(12)13-7)8-3-5-9(14-2)6-4-8/h3-6H,1-2H3. The van der Waals surface area contributed by atoms with E-state index in [1.807, 2.05) is 31.2 Å². The number of benzene rings is 1. The van der Waals surface area contributed by atoms with E-state index >= 15 is 0 Å². The number of rotatable bonds is 2. The predicted molar refractivity (Wildman–Crippen MR) is 63.8 cm³/mol. The van der Waals surface area contributed by atoms with Gasteiger partial charge in [0.1, 0.15) is 5.75 Å². The zero-order chi connectivity index (χ0) is 10.8. The Morgan fingerprint density at radius 2 is 1.93 bits per heavy atom. The number of hydrogen-bond donors (Lipinski definition) is 0. The number of aryl methyl sites for hydroxylation is 1. The van der Waals surface area contributed by atoms with E-state index < -0.39 is 0 Å². The topological polar surface area (TPSA) is 22.1 Å². The molecule has 15 heavy (non-hydrogen) atoms. The van der Waals surface area contributed by atoms with Gasteiger partial charge in [0, 0.05) is 0 Å². The van der Waals surface area contributed by atoms with Crippen molar-refractivity contribution in [2.75, 3.05) is 7.11 Å². The summed E-state index contributed by atoms with van der Waals surface area (Å²) >= 11 is 7.35. The van der Waals surface area contributed by atoms with Gasteiger partial charge >= 0.3 is 0 Å². The van der Waals surface area contributed by atoms with Crippen LogP contribution in [0.4, 0.5) is 0 Å². The molecule has 2 rings (SSSR count). The molecule has 0 spiro atoms. The summed E-state index contributed by atoms with van der Waals surface area (Å²) in [5, 5.41) is 0. The Kier molecular flexibility index (Phi) is 2.93. The molecule has 0 fully saturated rings. The molecule has 0 bridgehead atoms. The van der Waals surface area contributed by atoms with E-state index in [4.69, 9.17) is 16.3 Å². The molecule has 1 heterocycles. The predicted octanol–water partition coefficient (Wildman–Crippen LogP) is 3.78. The van der Waals surface area contributed by atoms with Crippen LogP contribution in [0.3, 0.4) is 0 Å². The third-order valence-electron chi connectivity index (χ3n) is 2.12. The molecular weight excluding hydrogens is 230 g/mol. The second-order valence-corrected chi connectivity index (χ2v) is 4.69. The molecule has 0 aliphatic rings. The smallest absolute Gasteiger partial charge is 0.184 e. The van der Waals surface area contributed by atoms with Crippen molar-refractivity contribution in [1.82, 2.24) is 4.98 Å². The molecule has 0 N–H and O–H groups in total. The molecule has 0 aliphatic carbocycles. The highest BCUT2D eigenvalue weighted by Crippen LogP contribution is 2.32. The van der Waals surface area contributed by atoms with E-state index in [1.54, 1.807) is 7.11 Å². The normalized spacial score (nSPS) is 10.3. The van der Waals surface area contributed by atoms with Crippen molar-refractivity contribution >= 4 is 22.9 Å². The minimum Gasteiger partial charge on any atom is -0.497 e. The fourth-order valence-electron chi connectivity index (χ4n) is 1.37. The van der Waals surface area contributed by atoms with Crippen LogP contribution in [0.2, 0.25) is 4.47 Å². The number of halogens is 1. The number of aromatic nitrogens is 1. The summed E-state index contributed by atoms with van der Waals surface area (Å²) in [4.78, 5) is 5.30. The van der Waals surface area contributed by atoms with Crippen molar-refractivity contribution < 1.29 is 4.74 Å². The molecular formula is C11H10ClNOS. The molecule has 0 saturated carbocycles. The Balaban J connectivity index is 2.41. The van der Waals surface area contributed by atoms with Gasteiger partial charge in [-0.25, -0.2) is 4.98 Å². The minimum absolute atomic E-state index is 0.582. The zero-order valence-corrected chi connectivity index (χ0v) is 10.0. The van der Waals surface area contributed by atoms with E-state index in [0.29, 0.717) is 4.47 Å². The Hall–Kier alpha value is -1.06. The second-order valence-electron chi connectivity index (χ2n) is 3.11. The average Bonchev–Trinajstić information content (AvgIpc) is 2.58. The average molecular weight is 240 g/mol. The molecule has 0 saturated heterocycles. The van der Waals surface area contributed by atoms with E-state index in [-0.39, 0.29) is 0 Å². The summed E-state index contributed by atoms with van der Waals surface area (Å²) in [6.45, 7) is 1.96. The Morgan fingerprint density at radius 1 is 1.27 bits per heavy atom. The van der Waals surface area contributed by atoms with E-state index in [1.165, 1.54) is 11.3 Å². The van der Waals surface area contributed by atoms with Crippen molar-refractivity contribution in [3.05, 3.63) is 34.4 Å². The SMILES string of the molecule is COc1ccc(-c2sc(Cl)nc2C)cc1. The van der Waals surface area contributed by atoms with Gasteiger partial charge in [0.05, 0.1) is 17.7 Å². The lowest BCUT2D eigenvalue weighted by Crippen LogP contribution is -1.82. The van der Waals surface area contributed by atoms with Crippen LogP contribution < -0.4 is 4.74 Å². The molecule has 0 atom stereocenters. The fourth-order valence-corrected chi connectivity index (χ4v) is 2.53. The van der Waals surface area contributed by atoms with Crippen LogP contribution in [0.5, 0.6) is 5.75 Å². The van der Waals surface area contributed by atoms with E-state index in [2.05, 4.69) is 4.98 Å². The Labute approximate surface area is 97.5 Å². The highest BCUT2D eigenvalue weighted by atomic mass is 35.5. The van der Waals surface area contributed by atoms with Crippen molar-refractivity contribution in [2.24, 2.45) is 0 Å². The quantitative estimate of drug-likeness (QED) is 0.796. The van der Waals surface area contributed by atoms with Crippen LogP contribution >= 0.6 is 22.9 Å². The maximum Gasteiger partial charge on any atom is 0.184 e. The van der Waals surface area contributed by atoms with Crippen LogP contribution in [-0.2, 0) is 0 Å². The third kappa shape index (κ3) is 2.13. The first-order valence-electron chi connectivity index (χ1n) is 4.48. The number of hydrogen-bond acceptors (Lipinski definition) is 3. The van der Waals surface area contributed by atoms with Crippen molar-refractivity contribution in [1.29, 1.82) is 0 Å². The maximum atomic E-state index is 5.86. The van der Waals surface area contributed by atoms with Gasteiger partial charge < -0.3 is 4.74 Å². The summed E-state index contributed by atoms with van der Waals surface area (Å²) in [5.41, 5.74) is 2.09. The summed E-state index contributed by atoms with van der Waals surface area (Å²) in [6.07, 6.45) is 0. The summed E-state index contributed by atoms with van der Waals surface area (Å²) < 4.78 is 5.68. The molecule has 0 aliphatic heterocycles. The van der Waals surface area contributed by atoms with Gasteiger partial charge in [0.25, 0.3) is 0 Å². The van der Waals surface area contributed by atoms with Crippen LogP contribution in [0, 0.1) is 6.92 Å². The molecule has 4 heteroatoms. The van der Waals surface area contributed by atoms with E-state index in [0.717, 1.165) is 21.9 Å². The third-order valence-corrected chi connectivity index (χ3v) is 3.43. The van der Waals surface area contributed by atoms with Crippen molar-refractivity contribution in [2.45, 2.75) is 6.92 Å². The lowest BCUT2D eigenvalue weighted by Gasteiger charge is -2.01. The van der Waals surface area contributed by atoms with Crippen LogP contribution in [0.25, 0.3) is 10.4 Å². The molecule has 1 aromatic heterocycles. The van der Waals surface area contributed by atoms with Crippen LogP contribution in [0.15, 0.2) is 24.3 Å². The van der Waals surface area contributed by atoms with Gasteiger partial charge in [-0.05, 0) is 36.8 Å². The summed E-state index contributed by atoms with van der Waals surface area (Å²) in [6, 6.07) is 7.89. The highest BCUT2D eigenvalue weighted by Gasteiger charge is 2.07. The molecule has 0 amide bonds. The Bertz CT molecular complexity index is 464. The zero-order valence-electron chi connectivity index (χ0n) is 8.45. The summed E-state index contributed by atoms with van der Waals surface area (Å²) in [7, 11) is 1.66. The molecule has 1 aromatic carbocycles. The van der Waals surface area contributed by atoms with Gasteiger partial charge in [-0.2, -0.15) is 0 Å². The molecule has 78 valence electrons. The van der Waals surface area contributed by atoms with Crippen LogP contribution in [-0.4, -0.2) is 12.1 Å². The molecule has 2 nitrogen and oxygen atoms in total.